The summed E-state index contributed by atoms with van der Waals surface area (Å²) in [4.78, 5) is 0.136. The lowest BCUT2D eigenvalue weighted by Gasteiger charge is -2.14. The van der Waals surface area contributed by atoms with Gasteiger partial charge >= 0.3 is 0 Å². The van der Waals surface area contributed by atoms with Gasteiger partial charge in [0.1, 0.15) is 11.5 Å². The van der Waals surface area contributed by atoms with Gasteiger partial charge in [-0.1, -0.05) is 30.3 Å². The quantitative estimate of drug-likeness (QED) is 0.208. The molecule has 0 amide bonds. The number of aliphatic hydroxyl groups is 2. The van der Waals surface area contributed by atoms with Gasteiger partial charge in [-0.3, -0.25) is 0 Å². The molecule has 0 saturated heterocycles. The number of benzene rings is 3. The van der Waals surface area contributed by atoms with Crippen molar-refractivity contribution >= 4 is 10.0 Å². The van der Waals surface area contributed by atoms with E-state index in [9.17, 15) is 23.7 Å². The molecule has 3 rings (SSSR count). The first-order chi connectivity index (χ1) is 17.3. The lowest BCUT2D eigenvalue weighted by atomic mass is 10.1. The van der Waals surface area contributed by atoms with Gasteiger partial charge in [-0.25, -0.2) is 13.6 Å². The number of hydrogen-bond acceptors (Lipinski definition) is 7. The van der Waals surface area contributed by atoms with Crippen LogP contribution in [-0.4, -0.2) is 43.4 Å². The van der Waals surface area contributed by atoms with Gasteiger partial charge in [0, 0.05) is 12.1 Å². The van der Waals surface area contributed by atoms with Gasteiger partial charge in [-0.2, -0.15) is 0 Å². The van der Waals surface area contributed by atoms with Crippen LogP contribution in [0.3, 0.4) is 0 Å². The number of aromatic hydroxyl groups is 1. The van der Waals surface area contributed by atoms with Gasteiger partial charge in [0.15, 0.2) is 0 Å². The molecule has 3 aromatic rings. The molecule has 0 aliphatic carbocycles. The summed E-state index contributed by atoms with van der Waals surface area (Å²) >= 11 is 0. The SMILES string of the molecule is NS(=O)(=O)c1cccc(CCCCOc2ccc(CCNC[C@H](O)c3ccc(O)c(CO)c3)cc2)c1. The van der Waals surface area contributed by atoms with Crippen LogP contribution in [0.4, 0.5) is 0 Å². The maximum absolute atomic E-state index is 11.5. The van der Waals surface area contributed by atoms with Gasteiger partial charge in [0.25, 0.3) is 0 Å². The van der Waals surface area contributed by atoms with E-state index in [2.05, 4.69) is 5.32 Å². The van der Waals surface area contributed by atoms with Gasteiger partial charge in [-0.15, -0.1) is 0 Å². The normalized spacial score (nSPS) is 12.4. The Hall–Kier alpha value is -2.95. The van der Waals surface area contributed by atoms with E-state index < -0.39 is 16.1 Å². The highest BCUT2D eigenvalue weighted by atomic mass is 32.2. The minimum absolute atomic E-state index is 0.0157. The Morgan fingerprint density at radius 1 is 0.944 bits per heavy atom. The van der Waals surface area contributed by atoms with Crippen LogP contribution in [0.1, 0.15) is 41.2 Å². The van der Waals surface area contributed by atoms with Crippen molar-refractivity contribution in [3.63, 3.8) is 0 Å². The first kappa shape index (κ1) is 27.6. The molecule has 36 heavy (non-hydrogen) atoms. The van der Waals surface area contributed by atoms with Crippen LogP contribution < -0.4 is 15.2 Å². The van der Waals surface area contributed by atoms with Crippen molar-refractivity contribution in [1.29, 1.82) is 0 Å². The number of rotatable bonds is 14. The second-order valence-corrected chi connectivity index (χ2v) is 10.2. The fraction of sp³-hybridized carbons (Fsp3) is 0.333. The lowest BCUT2D eigenvalue weighted by Crippen LogP contribution is -2.23. The number of aliphatic hydroxyl groups excluding tert-OH is 2. The number of ether oxygens (including phenoxy) is 1. The fourth-order valence-corrected chi connectivity index (χ4v) is 4.36. The van der Waals surface area contributed by atoms with Crippen LogP contribution >= 0.6 is 0 Å². The predicted octanol–water partition coefficient (Wildman–Crippen LogP) is 2.80. The van der Waals surface area contributed by atoms with Crippen molar-refractivity contribution < 1.29 is 28.5 Å². The van der Waals surface area contributed by atoms with Gasteiger partial charge in [0.05, 0.1) is 24.2 Å². The molecule has 0 aliphatic rings. The van der Waals surface area contributed by atoms with Crippen molar-refractivity contribution in [2.75, 3.05) is 19.7 Å². The molecule has 0 spiro atoms. The summed E-state index contributed by atoms with van der Waals surface area (Å²) in [5.41, 5.74) is 3.11. The third-order valence-electron chi connectivity index (χ3n) is 5.87. The Balaban J connectivity index is 1.32. The molecule has 8 nitrogen and oxygen atoms in total. The van der Waals surface area contributed by atoms with Crippen molar-refractivity contribution in [2.24, 2.45) is 5.14 Å². The van der Waals surface area contributed by atoms with Crippen LogP contribution in [0.5, 0.6) is 11.5 Å². The molecule has 0 heterocycles. The number of hydrogen-bond donors (Lipinski definition) is 5. The maximum atomic E-state index is 11.5. The first-order valence-electron chi connectivity index (χ1n) is 11.9. The number of primary sulfonamides is 1. The number of nitrogens with one attached hydrogen (secondary N) is 1. The van der Waals surface area contributed by atoms with E-state index in [1.165, 1.54) is 12.1 Å². The van der Waals surface area contributed by atoms with E-state index in [0.29, 0.717) is 30.8 Å². The summed E-state index contributed by atoms with van der Waals surface area (Å²) in [6.45, 7) is 1.35. The Morgan fingerprint density at radius 3 is 2.44 bits per heavy atom. The zero-order chi connectivity index (χ0) is 26.0. The van der Waals surface area contributed by atoms with Crippen LogP contribution in [0, 0.1) is 0 Å². The van der Waals surface area contributed by atoms with E-state index >= 15 is 0 Å². The van der Waals surface area contributed by atoms with E-state index in [-0.39, 0.29) is 17.3 Å². The highest BCUT2D eigenvalue weighted by Crippen LogP contribution is 2.22. The zero-order valence-corrected chi connectivity index (χ0v) is 21.0. The van der Waals surface area contributed by atoms with Crippen molar-refractivity contribution in [1.82, 2.24) is 5.32 Å². The Morgan fingerprint density at radius 2 is 1.72 bits per heavy atom. The van der Waals surface area contributed by atoms with Crippen molar-refractivity contribution in [3.05, 3.63) is 89.0 Å². The first-order valence-corrected chi connectivity index (χ1v) is 13.5. The molecule has 0 fully saturated rings. The minimum Gasteiger partial charge on any atom is -0.508 e. The average molecular weight is 515 g/mol. The molecule has 0 aromatic heterocycles. The number of phenols is 1. The molecule has 194 valence electrons. The van der Waals surface area contributed by atoms with E-state index in [0.717, 1.165) is 42.6 Å². The number of unbranched alkanes of at least 4 members (excludes halogenated alkanes) is 1. The molecule has 0 unspecified atom stereocenters. The van der Waals surface area contributed by atoms with E-state index in [4.69, 9.17) is 9.88 Å². The Bertz CT molecular complexity index is 1220. The van der Waals surface area contributed by atoms with Crippen molar-refractivity contribution in [2.45, 2.75) is 43.3 Å². The third-order valence-corrected chi connectivity index (χ3v) is 6.78. The largest absolute Gasteiger partial charge is 0.508 e. The molecule has 0 saturated carbocycles. The second-order valence-electron chi connectivity index (χ2n) is 8.66. The van der Waals surface area contributed by atoms with Gasteiger partial charge in [-0.05, 0) is 85.3 Å². The smallest absolute Gasteiger partial charge is 0.238 e. The molecular weight excluding hydrogens is 480 g/mol. The summed E-state index contributed by atoms with van der Waals surface area (Å²) in [5, 5.41) is 37.6. The van der Waals surface area contributed by atoms with Crippen LogP contribution in [-0.2, 0) is 29.5 Å². The van der Waals surface area contributed by atoms with Crippen LogP contribution in [0.2, 0.25) is 0 Å². The third kappa shape index (κ3) is 8.61. The van der Waals surface area contributed by atoms with Crippen molar-refractivity contribution in [3.8, 4) is 11.5 Å². The molecule has 0 bridgehead atoms. The number of sulfonamides is 1. The van der Waals surface area contributed by atoms with Crippen LogP contribution in [0.25, 0.3) is 0 Å². The topological polar surface area (TPSA) is 142 Å². The predicted molar refractivity (Wildman–Crippen MR) is 138 cm³/mol. The Labute approximate surface area is 212 Å². The fourth-order valence-electron chi connectivity index (χ4n) is 3.78. The lowest BCUT2D eigenvalue weighted by molar-refractivity contribution is 0.174. The summed E-state index contributed by atoms with van der Waals surface area (Å²) in [7, 11) is -3.68. The van der Waals surface area contributed by atoms with E-state index in [1.54, 1.807) is 24.3 Å². The molecule has 0 aliphatic heterocycles. The summed E-state index contributed by atoms with van der Waals surface area (Å²) < 4.78 is 28.7. The van der Waals surface area contributed by atoms with Gasteiger partial charge < -0.3 is 25.4 Å². The molecule has 0 radical (unpaired) electrons. The Kier molecular flexibility index (Phi) is 10.3. The summed E-state index contributed by atoms with van der Waals surface area (Å²) in [6.07, 6.45) is 2.53. The number of nitrogens with two attached hydrogens (primary N) is 1. The highest BCUT2D eigenvalue weighted by molar-refractivity contribution is 7.89. The molecular formula is C27H34N2O6S. The average Bonchev–Trinajstić information content (AvgIpc) is 2.87. The second kappa shape index (κ2) is 13.4. The minimum atomic E-state index is -3.68. The number of aryl methyl sites for hydroxylation is 1. The maximum Gasteiger partial charge on any atom is 0.238 e. The molecule has 6 N–H and O–H groups in total. The highest BCUT2D eigenvalue weighted by Gasteiger charge is 2.10. The summed E-state index contributed by atoms with van der Waals surface area (Å²) in [6, 6.07) is 19.3. The monoisotopic (exact) mass is 514 g/mol. The van der Waals surface area contributed by atoms with Gasteiger partial charge in [0.2, 0.25) is 10.0 Å². The standard InChI is InChI=1S/C27H34N2O6S/c28-36(33,34)25-6-3-5-21(16-25)4-1-2-15-35-24-10-7-20(8-11-24)13-14-29-18-27(32)22-9-12-26(31)23(17-22)19-30/h3,5-12,16-17,27,29-32H,1-2,4,13-15,18-19H2,(H2,28,33,34)/t27-/m0/s1. The molecule has 1 atom stereocenters. The van der Waals surface area contributed by atoms with Crippen LogP contribution in [0.15, 0.2) is 71.6 Å². The molecule has 9 heteroatoms. The summed E-state index contributed by atoms with van der Waals surface area (Å²) in [5.74, 6) is 0.812. The van der Waals surface area contributed by atoms with E-state index in [1.807, 2.05) is 30.3 Å². The molecule has 3 aromatic carbocycles. The zero-order valence-electron chi connectivity index (χ0n) is 20.1.